The van der Waals surface area contributed by atoms with Crippen LogP contribution in [0.3, 0.4) is 0 Å². The molecule has 0 bridgehead atoms. The fraction of sp³-hybridized carbons (Fsp3) is 0.236. The Balaban J connectivity index is 0.000000140. The number of nitrogens with zero attached hydrogens (tertiary/aromatic N) is 17. The fourth-order valence-corrected chi connectivity index (χ4v) is 16.4. The third kappa shape index (κ3) is 24.9. The van der Waals surface area contributed by atoms with Crippen molar-refractivity contribution in [2.75, 3.05) is 81.3 Å². The number of carbonyl (C=O) groups excluding carboxylic acids is 1. The molecule has 0 unspecified atom stereocenters. The highest BCUT2D eigenvalue weighted by atomic mass is 19.4. The third-order valence-electron chi connectivity index (χ3n) is 23.7. The van der Waals surface area contributed by atoms with E-state index in [2.05, 4.69) is 81.7 Å². The summed E-state index contributed by atoms with van der Waals surface area (Å²) < 4.78 is 174. The van der Waals surface area contributed by atoms with Gasteiger partial charge >= 0.3 is 24.7 Å². The summed E-state index contributed by atoms with van der Waals surface area (Å²) in [5.74, 6) is 1.24. The number of alkyl halides is 12. The molecule has 0 spiro atoms. The van der Waals surface area contributed by atoms with Crippen molar-refractivity contribution in [3.63, 3.8) is 0 Å². The van der Waals surface area contributed by atoms with Crippen molar-refractivity contribution in [3.8, 4) is 90.6 Å². The Labute approximate surface area is 828 Å². The van der Waals surface area contributed by atoms with Crippen LogP contribution >= 0.6 is 0 Å². The number of aromatic nitrogens is 16. The van der Waals surface area contributed by atoms with E-state index in [4.69, 9.17) is 14.7 Å². The summed E-state index contributed by atoms with van der Waals surface area (Å²) in [5, 5.41) is 47.8. The topological polar surface area (TPSA) is 335 Å². The molecule has 18 aromatic rings. The lowest BCUT2D eigenvalue weighted by Crippen LogP contribution is -2.42. The predicted molar refractivity (Wildman–Crippen MR) is 531 cm³/mol. The van der Waals surface area contributed by atoms with Crippen LogP contribution in [0.4, 0.5) is 76.5 Å². The minimum atomic E-state index is -4.53. The van der Waals surface area contributed by atoms with Crippen LogP contribution in [0.5, 0.6) is 0 Å². The molecule has 28 nitrogen and oxygen atoms in total. The van der Waals surface area contributed by atoms with Gasteiger partial charge in [-0.25, -0.2) is 59.8 Å². The van der Waals surface area contributed by atoms with Gasteiger partial charge < -0.3 is 56.9 Å². The molecule has 19 rings (SSSR count). The first-order chi connectivity index (χ1) is 70.3. The second-order valence-corrected chi connectivity index (χ2v) is 34.3. The minimum Gasteiger partial charge on any atom is -0.392 e. The maximum atomic E-state index is 13.7. The molecule has 0 saturated carbocycles. The molecular formula is C106H99F12N23O5. The van der Waals surface area contributed by atoms with Crippen molar-refractivity contribution in [1.29, 1.82) is 0 Å². The van der Waals surface area contributed by atoms with Gasteiger partial charge in [-0.3, -0.25) is 22.4 Å². The summed E-state index contributed by atoms with van der Waals surface area (Å²) in [5.41, 5.74) is 9.51. The number of halogens is 12. The largest absolute Gasteiger partial charge is 0.416 e. The Hall–Kier alpha value is -16.0. The van der Waals surface area contributed by atoms with Crippen LogP contribution in [-0.2, 0) is 49.3 Å². The van der Waals surface area contributed by atoms with Crippen molar-refractivity contribution < 1.29 is 77.5 Å². The molecule has 2 atom stereocenters. The van der Waals surface area contributed by atoms with E-state index in [-0.39, 0.29) is 55.1 Å². The Morgan fingerprint density at radius 1 is 0.418 bits per heavy atom. The summed E-state index contributed by atoms with van der Waals surface area (Å²) in [4.78, 5) is 69.9. The molecule has 1 aliphatic heterocycles. The Morgan fingerprint density at radius 3 is 1.14 bits per heavy atom. The second kappa shape index (κ2) is 45.7. The smallest absolute Gasteiger partial charge is 0.392 e. The van der Waals surface area contributed by atoms with Crippen molar-refractivity contribution >= 4 is 52.3 Å². The van der Waals surface area contributed by atoms with Gasteiger partial charge in [0.15, 0.2) is 5.65 Å². The zero-order valence-electron chi connectivity index (χ0n) is 79.3. The number of pyridine rings is 4. The molecule has 0 aliphatic carbocycles. The summed E-state index contributed by atoms with van der Waals surface area (Å²) in [6.45, 7) is 10.3. The SMILES string of the molecule is CCOCCCNc1nccc(-c2c(-c3cccc(C(F)(F)F)c3)nc3cc(CO)ccn23)n1.CN(C)CCNc1nccc(-c2c(-c3cccc(C(F)(F)F)c3)nc3cc(CO)ccn23)n1.C[C@H](Nc1nccc(-c2c(-c3cccc(C(F)(F)F)c3)nc3c(C(=O)NC4CCNCC4)cccn23)n1)c1ccccc1.C[C@H](Nc1nccc(-c2c(-c3cccc(C(F)(F)F)c3)nc3cc(CO)ccn23)n1)c1ccccc1. The number of rotatable bonds is 29. The first-order valence-corrected chi connectivity index (χ1v) is 46.5. The number of likely N-dealkylation sites (N-methyl/N-ethyl adjacent to an activating group) is 1. The molecule has 6 aromatic carbocycles. The average Bonchev–Trinajstić information content (AvgIpc) is 1.40. The number of ether oxygens (including phenoxy) is 1. The average molecular weight is 2000 g/mol. The molecule has 40 heteroatoms. The number of anilines is 4. The number of aliphatic hydroxyl groups excluding tert-OH is 3. The third-order valence-corrected chi connectivity index (χ3v) is 23.7. The van der Waals surface area contributed by atoms with Gasteiger partial charge in [0.25, 0.3) is 5.91 Å². The first-order valence-electron chi connectivity index (χ1n) is 46.5. The fourth-order valence-electron chi connectivity index (χ4n) is 16.4. The van der Waals surface area contributed by atoms with E-state index in [9.17, 15) is 72.8 Å². The summed E-state index contributed by atoms with van der Waals surface area (Å²) >= 11 is 0. The Kier molecular flexibility index (Phi) is 32.2. The van der Waals surface area contributed by atoms with Gasteiger partial charge in [-0.1, -0.05) is 109 Å². The lowest BCUT2D eigenvalue weighted by molar-refractivity contribution is -0.138. The minimum absolute atomic E-state index is 0.0217. The maximum absolute atomic E-state index is 13.7. The van der Waals surface area contributed by atoms with Gasteiger partial charge in [-0.2, -0.15) is 52.7 Å². The van der Waals surface area contributed by atoms with Crippen LogP contribution in [-0.4, -0.2) is 170 Å². The number of hydrogen-bond acceptors (Lipinski definition) is 23. The highest BCUT2D eigenvalue weighted by Gasteiger charge is 2.37. The molecule has 1 saturated heterocycles. The number of amides is 1. The van der Waals surface area contributed by atoms with E-state index in [0.717, 1.165) is 98.6 Å². The van der Waals surface area contributed by atoms with Crippen LogP contribution < -0.4 is 31.9 Å². The van der Waals surface area contributed by atoms with Crippen LogP contribution in [0.15, 0.2) is 280 Å². The van der Waals surface area contributed by atoms with Crippen molar-refractivity contribution in [3.05, 3.63) is 336 Å². The molecule has 1 amide bonds. The highest BCUT2D eigenvalue weighted by molar-refractivity contribution is 6.01. The van der Waals surface area contributed by atoms with Crippen molar-refractivity contribution in [1.82, 2.24) is 92.9 Å². The maximum Gasteiger partial charge on any atom is 0.416 e. The number of piperidine rings is 1. The molecule has 0 radical (unpaired) electrons. The molecule has 1 aliphatic rings. The standard InChI is InChI=1S/C32H30F3N7O.C27H22F3N5O.C24H24F3N5O2.C23H23F3N6O/c1-20(21-7-3-2-4-8-21)38-31-37-17-14-26(40-31)28-27(22-9-5-10-23(19-22)32(33,34)35)41-29-25(11-6-18-42(28)29)30(43)39-24-12-15-36-16-13-24;1-17(19-6-3-2-4-7-19)32-26-31-12-10-22(33-26)25-24(20-8-5-9-21(15-20)27(28,29)30)34-23-14-18(16-36)11-13-35(23)25;1-2-34-12-4-9-28-23-29-10-7-19(30-23)22-21(17-5-3-6-18(14-17)24(25,26)27)31-20-13-16(15-33)8-11-32(20)22;1-31(2)11-9-28-22-27-8-6-18(29-22)21-20(16-4-3-5-17(13-16)23(24,25)26)30-19-12-15(14-33)7-10-32(19)21/h2-11,14,17-20,24,36H,12-13,15-16H2,1H3,(H,39,43)(H,37,38,40);2-15,17,36H,16H2,1H3,(H,31,32,33);3,5-8,10-11,13-14,33H,2,4,9,12,15H2,1H3,(H,28,29,30);3-8,10,12-13,33H,9,11,14H2,1-2H3,(H,27,28,29)/t20-;17-;;/m00../s1. The number of benzene rings is 6. The molecule has 146 heavy (non-hydrogen) atoms. The van der Waals surface area contributed by atoms with Crippen molar-refractivity contribution in [2.45, 2.75) is 103 Å². The number of carbonyl (C=O) groups is 1. The number of imidazole rings is 4. The van der Waals surface area contributed by atoms with Gasteiger partial charge in [-0.05, 0) is 216 Å². The lowest BCUT2D eigenvalue weighted by Gasteiger charge is -2.23. The predicted octanol–water partition coefficient (Wildman–Crippen LogP) is 21.0. The normalized spacial score (nSPS) is 12.9. The van der Waals surface area contributed by atoms with Crippen LogP contribution in [0, 0.1) is 0 Å². The lowest BCUT2D eigenvalue weighted by atomic mass is 10.0. The first kappa shape index (κ1) is 103. The van der Waals surface area contributed by atoms with E-state index in [1.54, 1.807) is 164 Å². The zero-order valence-corrected chi connectivity index (χ0v) is 79.3. The molecule has 12 aromatic heterocycles. The van der Waals surface area contributed by atoms with Gasteiger partial charge in [0.2, 0.25) is 23.8 Å². The van der Waals surface area contributed by atoms with E-state index < -0.39 is 47.0 Å². The van der Waals surface area contributed by atoms with Crippen LogP contribution in [0.2, 0.25) is 0 Å². The molecule has 13 heterocycles. The Morgan fingerprint density at radius 2 is 0.774 bits per heavy atom. The van der Waals surface area contributed by atoms with Gasteiger partial charge in [0.1, 0.15) is 16.9 Å². The van der Waals surface area contributed by atoms with Crippen LogP contribution in [0.1, 0.15) is 113 Å². The summed E-state index contributed by atoms with van der Waals surface area (Å²) in [6.07, 6.45) is -2.31. The van der Waals surface area contributed by atoms with E-state index >= 15 is 0 Å². The number of aliphatic hydroxyl groups is 3. The van der Waals surface area contributed by atoms with Crippen molar-refractivity contribution in [2.24, 2.45) is 0 Å². The monoisotopic (exact) mass is 2000 g/mol. The molecular weight excluding hydrogens is 1900 g/mol. The van der Waals surface area contributed by atoms with Gasteiger partial charge in [0, 0.05) is 111 Å². The summed E-state index contributed by atoms with van der Waals surface area (Å²) in [7, 11) is 3.92. The number of hydrogen-bond donors (Lipinski definition) is 9. The molecule has 752 valence electrons. The van der Waals surface area contributed by atoms with E-state index in [1.807, 2.05) is 100 Å². The van der Waals surface area contributed by atoms with E-state index in [0.29, 0.717) is 174 Å². The van der Waals surface area contributed by atoms with Crippen LogP contribution in [0.25, 0.3) is 113 Å². The number of fused-ring (bicyclic) bond motifs is 4. The highest BCUT2D eigenvalue weighted by Crippen LogP contribution is 2.43. The van der Waals surface area contributed by atoms with Gasteiger partial charge in [0.05, 0.1) is 128 Å². The Bertz CT molecular complexity index is 7560. The molecule has 1 fully saturated rings. The van der Waals surface area contributed by atoms with E-state index in [1.165, 1.54) is 24.3 Å². The zero-order chi connectivity index (χ0) is 103. The number of nitrogens with one attached hydrogen (secondary N) is 6. The molecule has 9 N–H and O–H groups in total. The second-order valence-electron chi connectivity index (χ2n) is 34.3. The quantitative estimate of drug-likeness (QED) is 0.0155. The van der Waals surface area contributed by atoms with Gasteiger partial charge in [-0.15, -0.1) is 0 Å². The summed E-state index contributed by atoms with van der Waals surface area (Å²) in [6, 6.07) is 60.1.